The molecule has 3 aromatic rings. The highest BCUT2D eigenvalue weighted by Gasteiger charge is 2.16. The molecule has 0 saturated heterocycles. The number of carbonyl (C=O) groups excluding carboxylic acids is 1. The number of amides is 1. The van der Waals surface area contributed by atoms with Crippen molar-refractivity contribution in [3.8, 4) is 0 Å². The van der Waals surface area contributed by atoms with Crippen LogP contribution < -0.4 is 5.32 Å². The van der Waals surface area contributed by atoms with Crippen molar-refractivity contribution < 1.29 is 9.72 Å². The summed E-state index contributed by atoms with van der Waals surface area (Å²) in [6, 6.07) is 14.5. The van der Waals surface area contributed by atoms with Gasteiger partial charge in [0.05, 0.1) is 4.92 Å². The lowest BCUT2D eigenvalue weighted by atomic mass is 10.0. The van der Waals surface area contributed by atoms with E-state index in [4.69, 9.17) is 11.6 Å². The van der Waals surface area contributed by atoms with E-state index in [1.807, 2.05) is 18.2 Å². The van der Waals surface area contributed by atoms with Crippen molar-refractivity contribution in [2.24, 2.45) is 0 Å². The Balaban J connectivity index is 1.57. The van der Waals surface area contributed by atoms with E-state index in [-0.39, 0.29) is 16.6 Å². The van der Waals surface area contributed by atoms with Crippen molar-refractivity contribution >= 4 is 45.7 Å². The molecule has 0 radical (unpaired) electrons. The second-order valence-corrected chi connectivity index (χ2v) is 6.81. The second kappa shape index (κ2) is 6.85. The molecule has 1 N–H and O–H groups in total. The third kappa shape index (κ3) is 3.29. The van der Waals surface area contributed by atoms with Crippen molar-refractivity contribution in [1.82, 2.24) is 0 Å². The smallest absolute Gasteiger partial charge is 0.288 e. The molecule has 1 amide bonds. The molecule has 0 atom stereocenters. The third-order valence-electron chi connectivity index (χ3n) is 4.73. The molecule has 5 nitrogen and oxygen atoms in total. The molecule has 4 rings (SSSR count). The zero-order chi connectivity index (χ0) is 19.0. The van der Waals surface area contributed by atoms with E-state index in [1.165, 1.54) is 40.8 Å². The second-order valence-electron chi connectivity index (χ2n) is 6.40. The Bertz CT molecular complexity index is 1110. The van der Waals surface area contributed by atoms with Crippen LogP contribution in [0.2, 0.25) is 5.02 Å². The number of hydrogen-bond acceptors (Lipinski definition) is 3. The fraction of sp³-hybridized carbons (Fsp3) is 0.0952. The minimum Gasteiger partial charge on any atom is -0.322 e. The molecule has 1 aliphatic carbocycles. The first-order valence-electron chi connectivity index (χ1n) is 8.49. The van der Waals surface area contributed by atoms with Gasteiger partial charge < -0.3 is 5.32 Å². The minimum atomic E-state index is -0.549. The summed E-state index contributed by atoms with van der Waals surface area (Å²) in [5.74, 6) is -0.300. The molecule has 0 aromatic heterocycles. The summed E-state index contributed by atoms with van der Waals surface area (Å²) in [6.45, 7) is 0. The predicted octanol–water partition coefficient (Wildman–Crippen LogP) is 5.15. The van der Waals surface area contributed by atoms with Crippen LogP contribution in [0.15, 0.2) is 54.6 Å². The monoisotopic (exact) mass is 378 g/mol. The summed E-state index contributed by atoms with van der Waals surface area (Å²) in [7, 11) is 0. The average Bonchev–Trinajstić information content (AvgIpc) is 3.08. The highest BCUT2D eigenvalue weighted by Crippen LogP contribution is 2.35. The van der Waals surface area contributed by atoms with Gasteiger partial charge in [-0.2, -0.15) is 0 Å². The molecule has 1 aliphatic rings. The normalized spacial score (nSPS) is 12.6. The quantitative estimate of drug-likeness (QED) is 0.387. The van der Waals surface area contributed by atoms with E-state index >= 15 is 0 Å². The van der Waals surface area contributed by atoms with Gasteiger partial charge in [0.15, 0.2) is 0 Å². The van der Waals surface area contributed by atoms with Crippen LogP contribution in [0.3, 0.4) is 0 Å². The fourth-order valence-corrected chi connectivity index (χ4v) is 3.66. The summed E-state index contributed by atoms with van der Waals surface area (Å²) in [6.07, 6.45) is 4.94. The van der Waals surface area contributed by atoms with Gasteiger partial charge in [0, 0.05) is 23.2 Å². The maximum absolute atomic E-state index is 12.3. The van der Waals surface area contributed by atoms with Gasteiger partial charge in [0.2, 0.25) is 5.91 Å². The first kappa shape index (κ1) is 17.2. The number of nitrogens with one attached hydrogen (secondary N) is 1. The van der Waals surface area contributed by atoms with Gasteiger partial charge in [-0.25, -0.2) is 0 Å². The first-order valence-corrected chi connectivity index (χ1v) is 8.87. The third-order valence-corrected chi connectivity index (χ3v) is 5.05. The average molecular weight is 379 g/mol. The molecule has 6 heteroatoms. The lowest BCUT2D eigenvalue weighted by Crippen LogP contribution is -2.08. The van der Waals surface area contributed by atoms with Crippen LogP contribution >= 0.6 is 11.6 Å². The number of aryl methyl sites for hydroxylation is 2. The van der Waals surface area contributed by atoms with E-state index in [1.54, 1.807) is 6.07 Å². The van der Waals surface area contributed by atoms with Crippen molar-refractivity contribution in [3.05, 3.63) is 86.4 Å². The molecule has 0 aliphatic heterocycles. The maximum Gasteiger partial charge on any atom is 0.288 e. The van der Waals surface area contributed by atoms with E-state index in [9.17, 15) is 14.9 Å². The molecule has 0 spiro atoms. The molecule has 0 heterocycles. The van der Waals surface area contributed by atoms with Gasteiger partial charge in [-0.05, 0) is 53.1 Å². The summed E-state index contributed by atoms with van der Waals surface area (Å²) in [4.78, 5) is 22.7. The summed E-state index contributed by atoms with van der Waals surface area (Å²) >= 11 is 5.80. The largest absolute Gasteiger partial charge is 0.322 e. The predicted molar refractivity (Wildman–Crippen MR) is 107 cm³/mol. The Morgan fingerprint density at radius 1 is 1.11 bits per heavy atom. The zero-order valence-electron chi connectivity index (χ0n) is 14.2. The van der Waals surface area contributed by atoms with Crippen molar-refractivity contribution in [2.45, 2.75) is 12.8 Å². The summed E-state index contributed by atoms with van der Waals surface area (Å²) in [5, 5.41) is 16.2. The molecular weight excluding hydrogens is 364 g/mol. The number of nitro benzene ring substituents is 1. The van der Waals surface area contributed by atoms with E-state index in [2.05, 4.69) is 17.4 Å². The number of benzene rings is 3. The molecule has 27 heavy (non-hydrogen) atoms. The maximum atomic E-state index is 12.3. The fourth-order valence-electron chi connectivity index (χ4n) is 3.48. The topological polar surface area (TPSA) is 72.2 Å². The Labute approximate surface area is 160 Å². The molecule has 0 saturated carbocycles. The number of nitrogens with zero attached hydrogens (tertiary/aromatic N) is 1. The molecule has 134 valence electrons. The number of carbonyl (C=O) groups is 1. The minimum absolute atomic E-state index is 0.0643. The Morgan fingerprint density at radius 3 is 2.67 bits per heavy atom. The molecular formula is C21H15ClN2O3. The van der Waals surface area contributed by atoms with Crippen LogP contribution in [0, 0.1) is 10.1 Å². The van der Waals surface area contributed by atoms with Crippen molar-refractivity contribution in [3.63, 3.8) is 0 Å². The molecule has 0 bridgehead atoms. The lowest BCUT2D eigenvalue weighted by Gasteiger charge is -2.09. The molecule has 3 aromatic carbocycles. The van der Waals surface area contributed by atoms with Gasteiger partial charge in [-0.1, -0.05) is 41.9 Å². The number of halogens is 1. The van der Waals surface area contributed by atoms with Gasteiger partial charge >= 0.3 is 0 Å². The molecule has 0 unspecified atom stereocenters. The highest BCUT2D eigenvalue weighted by molar-refractivity contribution is 6.32. The summed E-state index contributed by atoms with van der Waals surface area (Å²) in [5.41, 5.74) is 3.72. The number of rotatable bonds is 4. The Hall–Kier alpha value is -3.18. The standard InChI is InChI=1S/C21H15ClN2O3/c22-17-9-4-13(12-19(17)24(26)27)5-11-20(25)23-18-10-8-15-7-6-14-2-1-3-16(18)21(14)15/h1-5,8-12H,6-7H2,(H,23,25). The van der Waals surface area contributed by atoms with Gasteiger partial charge in [-0.15, -0.1) is 0 Å². The first-order chi connectivity index (χ1) is 13.0. The molecule has 0 fully saturated rings. The van der Waals surface area contributed by atoms with E-state index < -0.39 is 4.92 Å². The van der Waals surface area contributed by atoms with Gasteiger partial charge in [-0.3, -0.25) is 14.9 Å². The van der Waals surface area contributed by atoms with E-state index in [0.29, 0.717) is 5.56 Å². The zero-order valence-corrected chi connectivity index (χ0v) is 15.0. The van der Waals surface area contributed by atoms with Crippen molar-refractivity contribution in [2.75, 3.05) is 5.32 Å². The van der Waals surface area contributed by atoms with Gasteiger partial charge in [0.25, 0.3) is 5.69 Å². The van der Waals surface area contributed by atoms with Crippen LogP contribution in [-0.2, 0) is 17.6 Å². The van der Waals surface area contributed by atoms with Crippen LogP contribution in [0.25, 0.3) is 16.8 Å². The number of nitro groups is 1. The van der Waals surface area contributed by atoms with Crippen molar-refractivity contribution in [1.29, 1.82) is 0 Å². The summed E-state index contributed by atoms with van der Waals surface area (Å²) < 4.78 is 0. The Morgan fingerprint density at radius 2 is 1.89 bits per heavy atom. The number of anilines is 1. The van der Waals surface area contributed by atoms with Gasteiger partial charge in [0.1, 0.15) is 5.02 Å². The van der Waals surface area contributed by atoms with Crippen LogP contribution in [0.5, 0.6) is 0 Å². The SMILES string of the molecule is O=C(C=Cc1ccc(Cl)c([N+](=O)[O-])c1)Nc1ccc2c3c(cccc13)CC2. The van der Waals surface area contributed by atoms with Crippen LogP contribution in [0.4, 0.5) is 11.4 Å². The Kier molecular flexibility index (Phi) is 4.38. The van der Waals surface area contributed by atoms with Crippen LogP contribution in [-0.4, -0.2) is 10.8 Å². The highest BCUT2D eigenvalue weighted by atomic mass is 35.5. The lowest BCUT2D eigenvalue weighted by molar-refractivity contribution is -0.384. The van der Waals surface area contributed by atoms with E-state index in [0.717, 1.165) is 23.9 Å². The van der Waals surface area contributed by atoms with Crippen LogP contribution in [0.1, 0.15) is 16.7 Å². The number of hydrogen-bond donors (Lipinski definition) is 1.